The molecule has 1 aromatic heterocycles. The van der Waals surface area contributed by atoms with Gasteiger partial charge in [-0.15, -0.1) is 5.10 Å². The average Bonchev–Trinajstić information content (AvgIpc) is 2.55. The lowest BCUT2D eigenvalue weighted by Crippen LogP contribution is -2.21. The number of aromatic nitrogens is 3. The molecule has 2 aromatic rings. The molecule has 0 aliphatic carbocycles. The van der Waals surface area contributed by atoms with Gasteiger partial charge in [-0.1, -0.05) is 0 Å². The minimum absolute atomic E-state index is 0.427. The van der Waals surface area contributed by atoms with Crippen molar-refractivity contribution >= 4 is 17.5 Å². The highest BCUT2D eigenvalue weighted by atomic mass is 16.6. The average molecular weight is 316 g/mol. The first-order chi connectivity index (χ1) is 11.2. The standard InChI is InChI=1S/C15H20N6O2/c1-21(2)6-5-16-14-10-17-20-15(19-14)18-11-3-4-12-13(9-11)23-8-7-22-12/h3-4,9-10H,5-8H2,1-2H3,(H2,16,18,19,20). The molecule has 0 saturated carbocycles. The fraction of sp³-hybridized carbons (Fsp3) is 0.400. The zero-order valence-electron chi connectivity index (χ0n) is 13.2. The van der Waals surface area contributed by atoms with Crippen molar-refractivity contribution in [2.45, 2.75) is 0 Å². The van der Waals surface area contributed by atoms with E-state index in [9.17, 15) is 0 Å². The van der Waals surface area contributed by atoms with Crippen molar-refractivity contribution < 1.29 is 9.47 Å². The zero-order chi connectivity index (χ0) is 16.1. The number of rotatable bonds is 6. The molecule has 0 fully saturated rings. The molecule has 0 unspecified atom stereocenters. The van der Waals surface area contributed by atoms with Crippen LogP contribution in [0.5, 0.6) is 11.5 Å². The molecule has 0 bridgehead atoms. The summed E-state index contributed by atoms with van der Waals surface area (Å²) in [5, 5.41) is 14.3. The number of anilines is 3. The maximum absolute atomic E-state index is 5.56. The van der Waals surface area contributed by atoms with Crippen molar-refractivity contribution in [3.63, 3.8) is 0 Å². The van der Waals surface area contributed by atoms with Crippen molar-refractivity contribution in [2.24, 2.45) is 0 Å². The maximum Gasteiger partial charge on any atom is 0.249 e. The van der Waals surface area contributed by atoms with Crippen LogP contribution in [0.2, 0.25) is 0 Å². The summed E-state index contributed by atoms with van der Waals surface area (Å²) in [5.41, 5.74) is 0.821. The smallest absolute Gasteiger partial charge is 0.249 e. The summed E-state index contributed by atoms with van der Waals surface area (Å²) >= 11 is 0. The summed E-state index contributed by atoms with van der Waals surface area (Å²) in [6.45, 7) is 2.83. The van der Waals surface area contributed by atoms with Gasteiger partial charge in [0.1, 0.15) is 13.2 Å². The van der Waals surface area contributed by atoms with Gasteiger partial charge < -0.3 is 25.0 Å². The molecule has 8 nitrogen and oxygen atoms in total. The van der Waals surface area contributed by atoms with Crippen LogP contribution in [-0.4, -0.2) is 60.5 Å². The largest absolute Gasteiger partial charge is 0.486 e. The molecule has 122 valence electrons. The van der Waals surface area contributed by atoms with Crippen molar-refractivity contribution in [1.29, 1.82) is 0 Å². The van der Waals surface area contributed by atoms with Crippen molar-refractivity contribution in [3.8, 4) is 11.5 Å². The fourth-order valence-corrected chi connectivity index (χ4v) is 2.10. The first-order valence-electron chi connectivity index (χ1n) is 7.46. The molecule has 0 amide bonds. The van der Waals surface area contributed by atoms with Crippen molar-refractivity contribution in [3.05, 3.63) is 24.4 Å². The van der Waals surface area contributed by atoms with Gasteiger partial charge >= 0.3 is 0 Å². The molecule has 0 spiro atoms. The van der Waals surface area contributed by atoms with Crippen LogP contribution in [0, 0.1) is 0 Å². The Kier molecular flexibility index (Phi) is 4.72. The highest BCUT2D eigenvalue weighted by Crippen LogP contribution is 2.33. The van der Waals surface area contributed by atoms with Crippen LogP contribution < -0.4 is 20.1 Å². The quantitative estimate of drug-likeness (QED) is 0.826. The van der Waals surface area contributed by atoms with E-state index in [1.54, 1.807) is 6.20 Å². The Bertz CT molecular complexity index is 664. The van der Waals surface area contributed by atoms with E-state index in [0.29, 0.717) is 25.0 Å². The van der Waals surface area contributed by atoms with Crippen LogP contribution in [0.4, 0.5) is 17.5 Å². The van der Waals surface area contributed by atoms with Gasteiger partial charge in [-0.3, -0.25) is 0 Å². The van der Waals surface area contributed by atoms with E-state index >= 15 is 0 Å². The van der Waals surface area contributed by atoms with Gasteiger partial charge in [-0.25, -0.2) is 0 Å². The molecule has 8 heteroatoms. The van der Waals surface area contributed by atoms with Gasteiger partial charge in [0, 0.05) is 24.8 Å². The molecule has 1 aliphatic heterocycles. The highest BCUT2D eigenvalue weighted by molar-refractivity contribution is 5.60. The second kappa shape index (κ2) is 7.10. The number of hydrogen-bond acceptors (Lipinski definition) is 8. The van der Waals surface area contributed by atoms with E-state index in [4.69, 9.17) is 9.47 Å². The Hall–Kier alpha value is -2.61. The topological polar surface area (TPSA) is 84.4 Å². The predicted molar refractivity (Wildman–Crippen MR) is 87.6 cm³/mol. The summed E-state index contributed by atoms with van der Waals surface area (Å²) in [6, 6.07) is 5.62. The minimum atomic E-state index is 0.427. The molecule has 23 heavy (non-hydrogen) atoms. The number of nitrogens with one attached hydrogen (secondary N) is 2. The van der Waals surface area contributed by atoms with Crippen LogP contribution in [0.1, 0.15) is 0 Å². The number of nitrogens with zero attached hydrogens (tertiary/aromatic N) is 4. The predicted octanol–water partition coefficient (Wildman–Crippen LogP) is 1.36. The summed E-state index contributed by atoms with van der Waals surface area (Å²) in [7, 11) is 4.05. The number of fused-ring (bicyclic) bond motifs is 1. The first-order valence-corrected chi connectivity index (χ1v) is 7.46. The highest BCUT2D eigenvalue weighted by Gasteiger charge is 2.12. The molecule has 1 aliphatic rings. The molecular weight excluding hydrogens is 296 g/mol. The third kappa shape index (κ3) is 4.19. The van der Waals surface area contributed by atoms with Crippen LogP contribution in [0.15, 0.2) is 24.4 Å². The minimum Gasteiger partial charge on any atom is -0.486 e. The molecule has 0 saturated heterocycles. The third-order valence-corrected chi connectivity index (χ3v) is 3.22. The van der Waals surface area contributed by atoms with Crippen LogP contribution in [-0.2, 0) is 0 Å². The summed E-state index contributed by atoms with van der Waals surface area (Å²) in [6.07, 6.45) is 1.60. The molecule has 2 heterocycles. The van der Waals surface area contributed by atoms with E-state index in [1.807, 2.05) is 32.3 Å². The normalized spacial score (nSPS) is 13.0. The SMILES string of the molecule is CN(C)CCNc1cnnc(Nc2ccc3c(c2)OCCO3)n1. The van der Waals surface area contributed by atoms with Crippen molar-refractivity contribution in [1.82, 2.24) is 20.1 Å². The molecule has 0 radical (unpaired) electrons. The second-order valence-electron chi connectivity index (χ2n) is 5.38. The number of likely N-dealkylation sites (N-methyl/N-ethyl adjacent to an activating group) is 1. The fourth-order valence-electron chi connectivity index (χ4n) is 2.10. The van der Waals surface area contributed by atoms with Gasteiger partial charge in [0.05, 0.1) is 6.20 Å². The van der Waals surface area contributed by atoms with E-state index in [2.05, 4.69) is 30.7 Å². The molecule has 0 atom stereocenters. The van der Waals surface area contributed by atoms with Gasteiger partial charge in [-0.2, -0.15) is 10.1 Å². The third-order valence-electron chi connectivity index (χ3n) is 3.22. The Labute approximate surface area is 134 Å². The van der Waals surface area contributed by atoms with Crippen LogP contribution in [0.3, 0.4) is 0 Å². The van der Waals surface area contributed by atoms with Gasteiger partial charge in [0.2, 0.25) is 5.95 Å². The number of ether oxygens (including phenoxy) is 2. The monoisotopic (exact) mass is 316 g/mol. The van der Waals surface area contributed by atoms with Gasteiger partial charge in [0.15, 0.2) is 17.3 Å². The Morgan fingerprint density at radius 2 is 2.00 bits per heavy atom. The van der Waals surface area contributed by atoms with Crippen LogP contribution in [0.25, 0.3) is 0 Å². The maximum atomic E-state index is 5.56. The molecule has 2 N–H and O–H groups in total. The number of hydrogen-bond donors (Lipinski definition) is 2. The summed E-state index contributed by atoms with van der Waals surface area (Å²) < 4.78 is 11.1. The Morgan fingerprint density at radius 1 is 1.17 bits per heavy atom. The van der Waals surface area contributed by atoms with Gasteiger partial charge in [0.25, 0.3) is 0 Å². The number of benzene rings is 1. The Balaban J connectivity index is 1.65. The molecule has 3 rings (SSSR count). The van der Waals surface area contributed by atoms with Crippen LogP contribution >= 0.6 is 0 Å². The lowest BCUT2D eigenvalue weighted by Gasteiger charge is -2.19. The lowest BCUT2D eigenvalue weighted by molar-refractivity contribution is 0.171. The van der Waals surface area contributed by atoms with Gasteiger partial charge in [-0.05, 0) is 26.2 Å². The summed E-state index contributed by atoms with van der Waals surface area (Å²) in [4.78, 5) is 6.48. The van der Waals surface area contributed by atoms with E-state index in [-0.39, 0.29) is 0 Å². The van der Waals surface area contributed by atoms with Crippen molar-refractivity contribution in [2.75, 3.05) is 51.0 Å². The van der Waals surface area contributed by atoms with E-state index < -0.39 is 0 Å². The second-order valence-corrected chi connectivity index (χ2v) is 5.38. The molecule has 1 aromatic carbocycles. The first kappa shape index (κ1) is 15.3. The zero-order valence-corrected chi connectivity index (χ0v) is 13.2. The molecular formula is C15H20N6O2. The Morgan fingerprint density at radius 3 is 2.83 bits per heavy atom. The van der Waals surface area contributed by atoms with E-state index in [0.717, 1.165) is 30.3 Å². The summed E-state index contributed by atoms with van der Waals surface area (Å²) in [5.74, 6) is 2.58. The lowest BCUT2D eigenvalue weighted by atomic mass is 10.2. The van der Waals surface area contributed by atoms with E-state index in [1.165, 1.54) is 0 Å².